The van der Waals surface area contributed by atoms with Crippen molar-refractivity contribution in [3.05, 3.63) is 29.0 Å². The normalized spacial score (nSPS) is 12.2. The van der Waals surface area contributed by atoms with E-state index in [1.807, 2.05) is 0 Å². The van der Waals surface area contributed by atoms with Crippen LogP contribution in [0.2, 0.25) is 5.02 Å². The molecule has 0 aliphatic carbocycles. The highest BCUT2D eigenvalue weighted by Crippen LogP contribution is 2.05. The van der Waals surface area contributed by atoms with Crippen molar-refractivity contribution in [2.45, 2.75) is 19.5 Å². The van der Waals surface area contributed by atoms with E-state index in [1.54, 1.807) is 19.1 Å². The van der Waals surface area contributed by atoms with Crippen LogP contribution in [0.15, 0.2) is 18.3 Å². The molecular weight excluding hydrogens is 202 g/mol. The number of carbonyl (C=O) groups excluding carboxylic acids is 1. The summed E-state index contributed by atoms with van der Waals surface area (Å²) in [6.07, 6.45) is 1.54. The highest BCUT2D eigenvalue weighted by Gasteiger charge is 2.06. The maximum absolute atomic E-state index is 11.1. The molecule has 1 aromatic heterocycles. The van der Waals surface area contributed by atoms with Crippen LogP contribution in [0.25, 0.3) is 0 Å². The van der Waals surface area contributed by atoms with Crippen LogP contribution in [0.4, 0.5) is 0 Å². The van der Waals surface area contributed by atoms with Crippen LogP contribution in [0, 0.1) is 0 Å². The van der Waals surface area contributed by atoms with E-state index in [2.05, 4.69) is 10.3 Å². The van der Waals surface area contributed by atoms with E-state index >= 15 is 0 Å². The predicted molar refractivity (Wildman–Crippen MR) is 54.7 cm³/mol. The molecule has 0 aliphatic rings. The molecule has 4 nitrogen and oxygen atoms in total. The highest BCUT2D eigenvalue weighted by atomic mass is 35.5. The van der Waals surface area contributed by atoms with Crippen molar-refractivity contribution in [1.29, 1.82) is 0 Å². The first-order valence-corrected chi connectivity index (χ1v) is 4.61. The Kier molecular flexibility index (Phi) is 3.85. The van der Waals surface area contributed by atoms with Crippen molar-refractivity contribution in [3.63, 3.8) is 0 Å². The summed E-state index contributed by atoms with van der Waals surface area (Å²) in [5, 5.41) is 3.22. The largest absolute Gasteiger partial charge is 0.349 e. The van der Waals surface area contributed by atoms with Gasteiger partial charge < -0.3 is 11.1 Å². The van der Waals surface area contributed by atoms with Crippen molar-refractivity contribution in [1.82, 2.24) is 10.3 Å². The maximum atomic E-state index is 11.1. The molecule has 0 spiro atoms. The second-order valence-corrected chi connectivity index (χ2v) is 3.41. The number of nitrogens with two attached hydrogens (primary N) is 1. The minimum absolute atomic E-state index is 0.193. The average molecular weight is 214 g/mol. The Hall–Kier alpha value is -1.13. The molecule has 0 fully saturated rings. The van der Waals surface area contributed by atoms with E-state index in [9.17, 15) is 4.79 Å². The monoisotopic (exact) mass is 213 g/mol. The lowest BCUT2D eigenvalue weighted by Crippen LogP contribution is -2.37. The molecule has 0 radical (unpaired) electrons. The zero-order valence-corrected chi connectivity index (χ0v) is 8.58. The topological polar surface area (TPSA) is 68.0 Å². The lowest BCUT2D eigenvalue weighted by molar-refractivity contribution is -0.122. The Labute approximate surface area is 87.5 Å². The molecule has 1 atom stereocenters. The first kappa shape index (κ1) is 10.9. The molecular formula is C9H12ClN3O. The Balaban J connectivity index is 2.46. The molecule has 3 N–H and O–H groups in total. The number of hydrogen-bond donors (Lipinski definition) is 2. The van der Waals surface area contributed by atoms with Crippen LogP contribution in [0.3, 0.4) is 0 Å². The number of nitrogens with one attached hydrogen (secondary N) is 1. The Bertz CT molecular complexity index is 310. The van der Waals surface area contributed by atoms with E-state index < -0.39 is 6.04 Å². The van der Waals surface area contributed by atoms with E-state index in [1.165, 1.54) is 6.20 Å². The van der Waals surface area contributed by atoms with Gasteiger partial charge in [-0.15, -0.1) is 0 Å². The van der Waals surface area contributed by atoms with Gasteiger partial charge in [-0.05, 0) is 19.1 Å². The number of aromatic nitrogens is 1. The molecule has 0 saturated carbocycles. The number of amides is 1. The minimum Gasteiger partial charge on any atom is -0.349 e. The van der Waals surface area contributed by atoms with Crippen LogP contribution in [-0.2, 0) is 11.3 Å². The van der Waals surface area contributed by atoms with Gasteiger partial charge in [0.15, 0.2) is 0 Å². The minimum atomic E-state index is -0.498. The van der Waals surface area contributed by atoms with Crippen LogP contribution in [-0.4, -0.2) is 16.9 Å². The average Bonchev–Trinajstić information content (AvgIpc) is 2.16. The van der Waals surface area contributed by atoms with E-state index in [4.69, 9.17) is 17.3 Å². The highest BCUT2D eigenvalue weighted by molar-refractivity contribution is 6.30. The number of hydrogen-bond acceptors (Lipinski definition) is 3. The fourth-order valence-corrected chi connectivity index (χ4v) is 0.961. The molecule has 1 heterocycles. The SMILES string of the molecule is C[C@@H](N)C(=O)NCc1ccc(Cl)cn1. The third-order valence-corrected chi connectivity index (χ3v) is 1.87. The van der Waals surface area contributed by atoms with Gasteiger partial charge in [-0.25, -0.2) is 0 Å². The molecule has 1 amide bonds. The second kappa shape index (κ2) is 4.93. The summed E-state index contributed by atoms with van der Waals surface area (Å²) >= 11 is 5.65. The van der Waals surface area contributed by atoms with Crippen molar-refractivity contribution in [2.75, 3.05) is 0 Å². The number of rotatable bonds is 3. The van der Waals surface area contributed by atoms with Crippen molar-refractivity contribution in [2.24, 2.45) is 5.73 Å². The van der Waals surface area contributed by atoms with Gasteiger partial charge in [-0.3, -0.25) is 9.78 Å². The molecule has 1 rings (SSSR count). The van der Waals surface area contributed by atoms with Gasteiger partial charge in [0.2, 0.25) is 5.91 Å². The summed E-state index contributed by atoms with van der Waals surface area (Å²) in [7, 11) is 0. The Morgan fingerprint density at radius 1 is 1.71 bits per heavy atom. The van der Waals surface area contributed by atoms with Gasteiger partial charge in [-0.2, -0.15) is 0 Å². The van der Waals surface area contributed by atoms with Gasteiger partial charge in [0.05, 0.1) is 23.3 Å². The summed E-state index contributed by atoms with van der Waals surface area (Å²) in [6, 6.07) is 2.98. The zero-order valence-electron chi connectivity index (χ0n) is 7.83. The van der Waals surface area contributed by atoms with E-state index in [0.29, 0.717) is 11.6 Å². The van der Waals surface area contributed by atoms with Crippen LogP contribution in [0.5, 0.6) is 0 Å². The number of pyridine rings is 1. The predicted octanol–water partition coefficient (Wildman–Crippen LogP) is 0.698. The molecule has 14 heavy (non-hydrogen) atoms. The molecule has 0 saturated heterocycles. The molecule has 0 aliphatic heterocycles. The fraction of sp³-hybridized carbons (Fsp3) is 0.333. The summed E-state index contributed by atoms with van der Waals surface area (Å²) in [5.41, 5.74) is 6.12. The number of halogens is 1. The lowest BCUT2D eigenvalue weighted by Gasteiger charge is -2.06. The number of carbonyl (C=O) groups is 1. The van der Waals surface area contributed by atoms with Crippen molar-refractivity contribution in [3.8, 4) is 0 Å². The lowest BCUT2D eigenvalue weighted by atomic mass is 10.3. The first-order chi connectivity index (χ1) is 6.59. The maximum Gasteiger partial charge on any atom is 0.236 e. The third kappa shape index (κ3) is 3.32. The van der Waals surface area contributed by atoms with E-state index in [-0.39, 0.29) is 5.91 Å². The molecule has 5 heteroatoms. The summed E-state index contributed by atoms with van der Waals surface area (Å²) in [6.45, 7) is 2.00. The van der Waals surface area contributed by atoms with Crippen LogP contribution in [0.1, 0.15) is 12.6 Å². The molecule has 0 aromatic carbocycles. The van der Waals surface area contributed by atoms with E-state index in [0.717, 1.165) is 5.69 Å². The molecule has 0 bridgehead atoms. The third-order valence-electron chi connectivity index (χ3n) is 1.65. The van der Waals surface area contributed by atoms with Crippen LogP contribution < -0.4 is 11.1 Å². The van der Waals surface area contributed by atoms with Gasteiger partial charge in [-0.1, -0.05) is 11.6 Å². The summed E-state index contributed by atoms with van der Waals surface area (Å²) in [5.74, 6) is -0.193. The first-order valence-electron chi connectivity index (χ1n) is 4.23. The van der Waals surface area contributed by atoms with Gasteiger partial charge in [0, 0.05) is 6.20 Å². The Morgan fingerprint density at radius 3 is 2.93 bits per heavy atom. The Morgan fingerprint density at radius 2 is 2.43 bits per heavy atom. The van der Waals surface area contributed by atoms with Gasteiger partial charge in [0.25, 0.3) is 0 Å². The second-order valence-electron chi connectivity index (χ2n) is 2.97. The van der Waals surface area contributed by atoms with Gasteiger partial charge >= 0.3 is 0 Å². The quantitative estimate of drug-likeness (QED) is 0.777. The smallest absolute Gasteiger partial charge is 0.236 e. The van der Waals surface area contributed by atoms with Crippen molar-refractivity contribution < 1.29 is 4.79 Å². The zero-order chi connectivity index (χ0) is 10.6. The number of nitrogens with zero attached hydrogens (tertiary/aromatic N) is 1. The van der Waals surface area contributed by atoms with Gasteiger partial charge in [0.1, 0.15) is 0 Å². The van der Waals surface area contributed by atoms with Crippen LogP contribution >= 0.6 is 11.6 Å². The standard InChI is InChI=1S/C9H12ClN3O/c1-6(11)9(14)13-5-8-3-2-7(10)4-12-8/h2-4,6H,5,11H2,1H3,(H,13,14)/t6-/m1/s1. The summed E-state index contributed by atoms with van der Waals surface area (Å²) in [4.78, 5) is 15.1. The fourth-order valence-electron chi connectivity index (χ4n) is 0.850. The molecule has 0 unspecified atom stereocenters. The van der Waals surface area contributed by atoms with Crippen molar-refractivity contribution >= 4 is 17.5 Å². The summed E-state index contributed by atoms with van der Waals surface area (Å²) < 4.78 is 0. The molecule has 76 valence electrons. The molecule has 1 aromatic rings.